The number of benzene rings is 1. The van der Waals surface area contributed by atoms with Crippen LogP contribution in [0.2, 0.25) is 0 Å². The fraction of sp³-hybridized carbons (Fsp3) is 0.312. The molecule has 1 aliphatic rings. The lowest BCUT2D eigenvalue weighted by atomic mass is 10.0. The number of imidazole rings is 1. The second-order valence-corrected chi connectivity index (χ2v) is 6.48. The number of likely N-dealkylation sites (N-methyl/N-ethyl adjacent to an activating group) is 1. The van der Waals surface area contributed by atoms with E-state index in [4.69, 9.17) is 0 Å². The van der Waals surface area contributed by atoms with Crippen molar-refractivity contribution < 1.29 is 5.11 Å². The first-order valence-corrected chi connectivity index (χ1v) is 8.02. The van der Waals surface area contributed by atoms with Crippen molar-refractivity contribution in [3.05, 3.63) is 52.8 Å². The summed E-state index contributed by atoms with van der Waals surface area (Å²) >= 11 is 1.61. The molecule has 4 nitrogen and oxygen atoms in total. The number of hydrogen-bond acceptors (Lipinski definition) is 4. The molecular formula is C16H17N3OS. The van der Waals surface area contributed by atoms with Gasteiger partial charge < -0.3 is 10.0 Å². The van der Waals surface area contributed by atoms with Crippen LogP contribution < -0.4 is 4.90 Å². The van der Waals surface area contributed by atoms with E-state index >= 15 is 0 Å². The number of thiazole rings is 1. The van der Waals surface area contributed by atoms with Crippen LogP contribution in [0, 0.1) is 0 Å². The van der Waals surface area contributed by atoms with Crippen molar-refractivity contribution >= 4 is 22.0 Å². The first-order chi connectivity index (χ1) is 10.2. The van der Waals surface area contributed by atoms with Crippen LogP contribution in [0.4, 0.5) is 5.69 Å². The molecule has 0 fully saturated rings. The predicted octanol–water partition coefficient (Wildman–Crippen LogP) is 2.66. The fourth-order valence-corrected chi connectivity index (χ4v) is 3.70. The standard InChI is InChI=1S/C16H17N3OS/c1-18-5-4-11-8-12(2-3-14(11)18)15(20)9-13-10-19-6-7-21-16(19)17-13/h2-3,6-8,10,15,20H,4-5,9H2,1H3. The quantitative estimate of drug-likeness (QED) is 0.808. The van der Waals surface area contributed by atoms with Gasteiger partial charge >= 0.3 is 0 Å². The van der Waals surface area contributed by atoms with E-state index in [1.54, 1.807) is 11.3 Å². The largest absolute Gasteiger partial charge is 0.388 e. The van der Waals surface area contributed by atoms with Crippen molar-refractivity contribution in [1.82, 2.24) is 9.38 Å². The summed E-state index contributed by atoms with van der Waals surface area (Å²) in [4.78, 5) is 7.77. The van der Waals surface area contributed by atoms with E-state index in [9.17, 15) is 5.11 Å². The van der Waals surface area contributed by atoms with E-state index in [2.05, 4.69) is 29.1 Å². The van der Waals surface area contributed by atoms with Gasteiger partial charge in [0.05, 0.1) is 11.8 Å². The lowest BCUT2D eigenvalue weighted by Crippen LogP contribution is -2.12. The number of aromatic nitrogens is 2. The SMILES string of the molecule is CN1CCc2cc(C(O)Cc3cn4ccsc4n3)ccc21. The molecule has 3 aromatic rings. The Hall–Kier alpha value is -1.85. The van der Waals surface area contributed by atoms with E-state index in [1.165, 1.54) is 11.3 Å². The highest BCUT2D eigenvalue weighted by Crippen LogP contribution is 2.30. The van der Waals surface area contributed by atoms with E-state index in [1.807, 2.05) is 28.2 Å². The average Bonchev–Trinajstić information content (AvgIpc) is 3.14. The van der Waals surface area contributed by atoms with Crippen LogP contribution in [0.25, 0.3) is 4.96 Å². The summed E-state index contributed by atoms with van der Waals surface area (Å²) in [5.41, 5.74) is 4.54. The van der Waals surface area contributed by atoms with Crippen molar-refractivity contribution in [2.45, 2.75) is 18.9 Å². The third-order valence-corrected chi connectivity index (χ3v) is 4.93. The molecule has 4 rings (SSSR count). The zero-order valence-electron chi connectivity index (χ0n) is 11.9. The van der Waals surface area contributed by atoms with Crippen molar-refractivity contribution in [1.29, 1.82) is 0 Å². The summed E-state index contributed by atoms with van der Waals surface area (Å²) in [5, 5.41) is 12.5. The van der Waals surface area contributed by atoms with Crippen molar-refractivity contribution in [3.63, 3.8) is 0 Å². The normalized spacial score (nSPS) is 15.6. The second kappa shape index (κ2) is 4.86. The number of hydrogen-bond donors (Lipinski definition) is 1. The zero-order chi connectivity index (χ0) is 14.4. The first-order valence-electron chi connectivity index (χ1n) is 7.14. The van der Waals surface area contributed by atoms with Crippen molar-refractivity contribution in [2.75, 3.05) is 18.5 Å². The lowest BCUT2D eigenvalue weighted by molar-refractivity contribution is 0.177. The molecule has 0 spiro atoms. The maximum atomic E-state index is 10.5. The molecule has 0 bridgehead atoms. The lowest BCUT2D eigenvalue weighted by Gasteiger charge is -2.14. The highest BCUT2D eigenvalue weighted by molar-refractivity contribution is 7.15. The van der Waals surface area contributed by atoms with Gasteiger partial charge in [-0.3, -0.25) is 4.40 Å². The minimum atomic E-state index is -0.495. The Bertz CT molecular complexity index is 763. The van der Waals surface area contributed by atoms with Gasteiger partial charge in [-0.25, -0.2) is 4.98 Å². The van der Waals surface area contributed by atoms with E-state index < -0.39 is 6.10 Å². The molecule has 1 unspecified atom stereocenters. The van der Waals surface area contributed by atoms with E-state index in [-0.39, 0.29) is 0 Å². The van der Waals surface area contributed by atoms with E-state index in [0.29, 0.717) is 6.42 Å². The Morgan fingerprint density at radius 2 is 2.33 bits per heavy atom. The van der Waals surface area contributed by atoms with Crippen LogP contribution in [0.15, 0.2) is 36.0 Å². The topological polar surface area (TPSA) is 40.8 Å². The number of nitrogens with zero attached hydrogens (tertiary/aromatic N) is 3. The molecule has 5 heteroatoms. The molecule has 0 radical (unpaired) electrons. The molecule has 1 atom stereocenters. The van der Waals surface area contributed by atoms with Gasteiger partial charge in [0.15, 0.2) is 4.96 Å². The monoisotopic (exact) mass is 299 g/mol. The highest BCUT2D eigenvalue weighted by Gasteiger charge is 2.18. The molecule has 1 N–H and O–H groups in total. The molecule has 2 aromatic heterocycles. The molecular weight excluding hydrogens is 282 g/mol. The molecule has 3 heterocycles. The van der Waals surface area contributed by atoms with Gasteiger partial charge in [-0.1, -0.05) is 12.1 Å². The molecule has 0 amide bonds. The molecule has 108 valence electrons. The molecule has 21 heavy (non-hydrogen) atoms. The number of aliphatic hydroxyl groups excluding tert-OH is 1. The summed E-state index contributed by atoms with van der Waals surface area (Å²) in [6.45, 7) is 1.06. The number of aliphatic hydroxyl groups is 1. The third kappa shape index (κ3) is 2.22. The predicted molar refractivity (Wildman–Crippen MR) is 85.1 cm³/mol. The van der Waals surface area contributed by atoms with Crippen molar-refractivity contribution in [2.24, 2.45) is 0 Å². The number of fused-ring (bicyclic) bond motifs is 2. The second-order valence-electron chi connectivity index (χ2n) is 5.60. The number of anilines is 1. The van der Waals surface area contributed by atoms with Gasteiger partial charge in [0, 0.05) is 43.5 Å². The Morgan fingerprint density at radius 1 is 1.43 bits per heavy atom. The highest BCUT2D eigenvalue weighted by atomic mass is 32.1. The Kier molecular flexibility index (Phi) is 2.97. The average molecular weight is 299 g/mol. The molecule has 1 aliphatic heterocycles. The van der Waals surface area contributed by atoms with Crippen LogP contribution in [0.3, 0.4) is 0 Å². The van der Waals surface area contributed by atoms with Crippen LogP contribution in [-0.2, 0) is 12.8 Å². The maximum Gasteiger partial charge on any atom is 0.193 e. The van der Waals surface area contributed by atoms with Crippen LogP contribution in [0.1, 0.15) is 22.9 Å². The van der Waals surface area contributed by atoms with Gasteiger partial charge in [-0.2, -0.15) is 0 Å². The Labute approximate surface area is 127 Å². The van der Waals surface area contributed by atoms with Gasteiger partial charge in [-0.05, 0) is 23.6 Å². The Balaban J connectivity index is 1.57. The summed E-state index contributed by atoms with van der Waals surface area (Å²) in [5.74, 6) is 0. The smallest absolute Gasteiger partial charge is 0.193 e. The van der Waals surface area contributed by atoms with Gasteiger partial charge in [0.1, 0.15) is 0 Å². The molecule has 0 saturated carbocycles. The summed E-state index contributed by atoms with van der Waals surface area (Å²) in [6, 6.07) is 6.29. The molecule has 1 aromatic carbocycles. The van der Waals surface area contributed by atoms with Gasteiger partial charge in [-0.15, -0.1) is 11.3 Å². The van der Waals surface area contributed by atoms with Gasteiger partial charge in [0.2, 0.25) is 0 Å². The molecule has 0 aliphatic carbocycles. The minimum Gasteiger partial charge on any atom is -0.388 e. The summed E-state index contributed by atoms with van der Waals surface area (Å²) in [6.07, 6.45) is 5.12. The van der Waals surface area contributed by atoms with E-state index in [0.717, 1.165) is 29.2 Å². The van der Waals surface area contributed by atoms with Crippen LogP contribution >= 0.6 is 11.3 Å². The maximum absolute atomic E-state index is 10.5. The third-order valence-electron chi connectivity index (χ3n) is 4.16. The first kappa shape index (κ1) is 12.9. The molecule has 0 saturated heterocycles. The zero-order valence-corrected chi connectivity index (χ0v) is 12.7. The Morgan fingerprint density at radius 3 is 3.19 bits per heavy atom. The fourth-order valence-electron chi connectivity index (χ4n) is 2.98. The number of rotatable bonds is 3. The van der Waals surface area contributed by atoms with Crippen molar-refractivity contribution in [3.8, 4) is 0 Å². The summed E-state index contributed by atoms with van der Waals surface area (Å²) < 4.78 is 2.00. The van der Waals surface area contributed by atoms with Crippen LogP contribution in [0.5, 0.6) is 0 Å². The minimum absolute atomic E-state index is 0.495. The van der Waals surface area contributed by atoms with Gasteiger partial charge in [0.25, 0.3) is 0 Å². The van der Waals surface area contributed by atoms with Crippen LogP contribution in [-0.4, -0.2) is 28.1 Å². The summed E-state index contributed by atoms with van der Waals surface area (Å²) in [7, 11) is 2.11.